The number of nitrogen functional groups attached to an aromatic ring is 1. The van der Waals surface area contributed by atoms with Crippen LogP contribution < -0.4 is 19.9 Å². The Kier molecular flexibility index (Phi) is 3.91. The van der Waals surface area contributed by atoms with Crippen LogP contribution in [0, 0.1) is 0 Å². The van der Waals surface area contributed by atoms with Crippen LogP contribution in [0.4, 0.5) is 5.82 Å². The Labute approximate surface area is 115 Å². The normalized spacial score (nSPS) is 10.1. The molecule has 0 unspecified atom stereocenters. The number of rotatable bonds is 4. The van der Waals surface area contributed by atoms with E-state index in [9.17, 15) is 0 Å². The number of methoxy groups -OCH3 is 2. The number of hydrogen-bond donors (Lipinski definition) is 1. The number of benzene rings is 1. The summed E-state index contributed by atoms with van der Waals surface area (Å²) in [6.07, 6.45) is 1.27. The maximum atomic E-state index is 5.95. The molecule has 2 aromatic rings. The third-order valence-electron chi connectivity index (χ3n) is 2.32. The van der Waals surface area contributed by atoms with Crippen molar-refractivity contribution < 1.29 is 14.2 Å². The Bertz CT molecular complexity index is 570. The number of aromatic nitrogens is 2. The lowest BCUT2D eigenvalue weighted by Gasteiger charge is -2.10. The number of halogens is 1. The van der Waals surface area contributed by atoms with Crippen molar-refractivity contribution in [2.45, 2.75) is 0 Å². The largest absolute Gasteiger partial charge is 0.496 e. The van der Waals surface area contributed by atoms with Gasteiger partial charge in [-0.15, -0.1) is 0 Å². The van der Waals surface area contributed by atoms with E-state index in [2.05, 4.69) is 9.97 Å². The third-order valence-corrected chi connectivity index (χ3v) is 2.68. The van der Waals surface area contributed by atoms with Crippen LogP contribution in [0.1, 0.15) is 0 Å². The minimum Gasteiger partial charge on any atom is -0.496 e. The van der Waals surface area contributed by atoms with Crippen molar-refractivity contribution in [3.05, 3.63) is 29.5 Å². The molecule has 0 fully saturated rings. The smallest absolute Gasteiger partial charge is 0.243 e. The van der Waals surface area contributed by atoms with E-state index in [0.717, 1.165) is 0 Å². The topological polar surface area (TPSA) is 79.5 Å². The highest BCUT2D eigenvalue weighted by atomic mass is 35.5. The minimum absolute atomic E-state index is 0.154. The van der Waals surface area contributed by atoms with Gasteiger partial charge in [0, 0.05) is 18.2 Å². The summed E-state index contributed by atoms with van der Waals surface area (Å²) in [5.41, 5.74) is 5.57. The van der Waals surface area contributed by atoms with Gasteiger partial charge >= 0.3 is 0 Å². The molecule has 2 N–H and O–H groups in total. The molecular weight excluding hydrogens is 270 g/mol. The predicted molar refractivity (Wildman–Crippen MR) is 71.1 cm³/mol. The summed E-state index contributed by atoms with van der Waals surface area (Å²) in [6.45, 7) is 0. The van der Waals surface area contributed by atoms with Crippen molar-refractivity contribution in [3.63, 3.8) is 0 Å². The van der Waals surface area contributed by atoms with Crippen LogP contribution in [0.25, 0.3) is 0 Å². The van der Waals surface area contributed by atoms with Crippen LogP contribution in [-0.4, -0.2) is 24.2 Å². The molecular formula is C12H12ClN3O3. The van der Waals surface area contributed by atoms with Gasteiger partial charge in [0.25, 0.3) is 0 Å². The highest BCUT2D eigenvalue weighted by Crippen LogP contribution is 2.33. The summed E-state index contributed by atoms with van der Waals surface area (Å²) in [7, 11) is 3.10. The van der Waals surface area contributed by atoms with Gasteiger partial charge in [0.05, 0.1) is 14.2 Å². The first-order valence-electron chi connectivity index (χ1n) is 5.31. The lowest BCUT2D eigenvalue weighted by molar-refractivity contribution is 0.385. The summed E-state index contributed by atoms with van der Waals surface area (Å²) in [6, 6.07) is 5.08. The fourth-order valence-corrected chi connectivity index (χ4v) is 1.53. The van der Waals surface area contributed by atoms with Gasteiger partial charge in [0.2, 0.25) is 5.88 Å². The third kappa shape index (κ3) is 2.97. The van der Waals surface area contributed by atoms with E-state index in [4.69, 9.17) is 31.5 Å². The summed E-state index contributed by atoms with van der Waals surface area (Å²) in [5.74, 6) is 1.97. The van der Waals surface area contributed by atoms with E-state index < -0.39 is 0 Å². The van der Waals surface area contributed by atoms with E-state index >= 15 is 0 Å². The van der Waals surface area contributed by atoms with E-state index in [1.54, 1.807) is 32.4 Å². The Morgan fingerprint density at radius 3 is 2.16 bits per heavy atom. The van der Waals surface area contributed by atoms with Crippen LogP contribution in [0.2, 0.25) is 5.02 Å². The fraction of sp³-hybridized carbons (Fsp3) is 0.167. The summed E-state index contributed by atoms with van der Waals surface area (Å²) < 4.78 is 15.8. The molecule has 1 heterocycles. The first-order chi connectivity index (χ1) is 9.13. The van der Waals surface area contributed by atoms with Crippen molar-refractivity contribution in [1.82, 2.24) is 9.97 Å². The van der Waals surface area contributed by atoms with Crippen LogP contribution in [0.5, 0.6) is 23.1 Å². The number of hydrogen-bond acceptors (Lipinski definition) is 6. The molecule has 19 heavy (non-hydrogen) atoms. The second-order valence-corrected chi connectivity index (χ2v) is 3.91. The second-order valence-electron chi connectivity index (χ2n) is 3.53. The number of anilines is 1. The monoisotopic (exact) mass is 281 g/mol. The molecule has 7 heteroatoms. The zero-order chi connectivity index (χ0) is 13.8. The molecule has 0 saturated heterocycles. The van der Waals surface area contributed by atoms with Crippen LogP contribution in [0.15, 0.2) is 24.5 Å². The molecule has 2 rings (SSSR count). The Hall–Kier alpha value is -2.21. The highest BCUT2D eigenvalue weighted by molar-refractivity contribution is 6.34. The van der Waals surface area contributed by atoms with Gasteiger partial charge in [-0.3, -0.25) is 0 Å². The molecule has 0 aliphatic rings. The molecule has 0 atom stereocenters. The maximum Gasteiger partial charge on any atom is 0.243 e. The molecule has 1 aromatic carbocycles. The van der Waals surface area contributed by atoms with E-state index in [1.807, 2.05) is 0 Å². The molecule has 0 saturated carbocycles. The predicted octanol–water partition coefficient (Wildman–Crippen LogP) is 2.52. The molecule has 0 radical (unpaired) electrons. The van der Waals surface area contributed by atoms with E-state index in [0.29, 0.717) is 17.2 Å². The Morgan fingerprint density at radius 2 is 1.58 bits per heavy atom. The van der Waals surface area contributed by atoms with Gasteiger partial charge in [-0.1, -0.05) is 11.6 Å². The van der Waals surface area contributed by atoms with Crippen molar-refractivity contribution in [2.75, 3.05) is 20.0 Å². The molecule has 6 nitrogen and oxygen atoms in total. The standard InChI is InChI=1S/C12H12ClN3O3/c1-17-7-3-8(18-2)5-9(4-7)19-12-10(13)11(14)15-6-16-12/h3-6H,1-2H3,(H2,14,15,16). The number of nitrogens with zero attached hydrogens (tertiary/aromatic N) is 2. The number of ether oxygens (including phenoxy) is 3. The van der Waals surface area contributed by atoms with Crippen LogP contribution in [0.3, 0.4) is 0 Å². The first-order valence-corrected chi connectivity index (χ1v) is 5.68. The lowest BCUT2D eigenvalue weighted by atomic mass is 10.3. The second kappa shape index (κ2) is 5.62. The van der Waals surface area contributed by atoms with Gasteiger partial charge < -0.3 is 19.9 Å². The number of nitrogens with two attached hydrogens (primary N) is 1. The molecule has 0 aliphatic heterocycles. The quantitative estimate of drug-likeness (QED) is 0.927. The van der Waals surface area contributed by atoms with Gasteiger partial charge in [0.15, 0.2) is 0 Å². The zero-order valence-electron chi connectivity index (χ0n) is 10.4. The highest BCUT2D eigenvalue weighted by Gasteiger charge is 2.10. The van der Waals surface area contributed by atoms with Gasteiger partial charge in [0.1, 0.15) is 34.4 Å². The summed E-state index contributed by atoms with van der Waals surface area (Å²) >= 11 is 5.95. The van der Waals surface area contributed by atoms with Crippen LogP contribution in [-0.2, 0) is 0 Å². The average molecular weight is 282 g/mol. The average Bonchev–Trinajstić information content (AvgIpc) is 2.43. The fourth-order valence-electron chi connectivity index (χ4n) is 1.39. The first kappa shape index (κ1) is 13.2. The SMILES string of the molecule is COc1cc(OC)cc(Oc2ncnc(N)c2Cl)c1. The van der Waals surface area contributed by atoms with Gasteiger partial charge in [-0.2, -0.15) is 4.98 Å². The van der Waals surface area contributed by atoms with Crippen molar-refractivity contribution in [3.8, 4) is 23.1 Å². The molecule has 100 valence electrons. The van der Waals surface area contributed by atoms with Crippen LogP contribution >= 0.6 is 11.6 Å². The Morgan fingerprint density at radius 1 is 1.00 bits per heavy atom. The Balaban J connectivity index is 2.34. The molecule has 0 aliphatic carbocycles. The minimum atomic E-state index is 0.154. The van der Waals surface area contributed by atoms with Crippen molar-refractivity contribution >= 4 is 17.4 Å². The molecule has 0 amide bonds. The zero-order valence-corrected chi connectivity index (χ0v) is 11.1. The molecule has 1 aromatic heterocycles. The summed E-state index contributed by atoms with van der Waals surface area (Å²) in [5, 5.41) is 0.157. The maximum absolute atomic E-state index is 5.95. The van der Waals surface area contributed by atoms with Crippen molar-refractivity contribution in [2.24, 2.45) is 0 Å². The molecule has 0 spiro atoms. The lowest BCUT2D eigenvalue weighted by Crippen LogP contribution is -1.97. The molecule has 0 bridgehead atoms. The van der Waals surface area contributed by atoms with Gasteiger partial charge in [-0.05, 0) is 0 Å². The summed E-state index contributed by atoms with van der Waals surface area (Å²) in [4.78, 5) is 7.67. The van der Waals surface area contributed by atoms with Crippen molar-refractivity contribution in [1.29, 1.82) is 0 Å². The van der Waals surface area contributed by atoms with E-state index in [-0.39, 0.29) is 16.7 Å². The van der Waals surface area contributed by atoms with E-state index in [1.165, 1.54) is 6.33 Å². The van der Waals surface area contributed by atoms with Gasteiger partial charge in [-0.25, -0.2) is 4.98 Å².